The van der Waals surface area contributed by atoms with Crippen molar-refractivity contribution in [1.82, 2.24) is 19.5 Å². The molecule has 0 amide bonds. The molecule has 0 aliphatic heterocycles. The molecule has 1 saturated carbocycles. The molecule has 1 atom stereocenters. The number of ether oxygens (including phenoxy) is 1. The highest BCUT2D eigenvalue weighted by molar-refractivity contribution is 5.79. The molecule has 102 valence electrons. The maximum Gasteiger partial charge on any atom is 0.245 e. The van der Waals surface area contributed by atoms with Crippen LogP contribution in [0.15, 0.2) is 6.33 Å². The first-order valence-electron chi connectivity index (χ1n) is 6.74. The number of aromatic nitrogens is 4. The minimum atomic E-state index is 0.312. The molecule has 0 radical (unpaired) electrons. The van der Waals surface area contributed by atoms with E-state index in [-0.39, 0.29) is 0 Å². The molecule has 0 saturated heterocycles. The SMILES string of the molecule is COc1ncnc2c1nc(N)n2C(C)C1CCCC1. The van der Waals surface area contributed by atoms with Crippen molar-refractivity contribution in [3.8, 4) is 5.88 Å². The van der Waals surface area contributed by atoms with Crippen LogP contribution in [0.1, 0.15) is 38.6 Å². The van der Waals surface area contributed by atoms with Gasteiger partial charge in [0.05, 0.1) is 7.11 Å². The van der Waals surface area contributed by atoms with Crippen LogP contribution in [0.4, 0.5) is 5.95 Å². The first kappa shape index (κ1) is 12.2. The van der Waals surface area contributed by atoms with Crippen molar-refractivity contribution >= 4 is 17.1 Å². The van der Waals surface area contributed by atoms with Crippen LogP contribution in [0.2, 0.25) is 0 Å². The van der Waals surface area contributed by atoms with E-state index in [9.17, 15) is 0 Å². The summed E-state index contributed by atoms with van der Waals surface area (Å²) < 4.78 is 7.24. The number of methoxy groups -OCH3 is 1. The number of hydrogen-bond acceptors (Lipinski definition) is 5. The second kappa shape index (κ2) is 4.68. The summed E-state index contributed by atoms with van der Waals surface area (Å²) in [5, 5.41) is 0. The maximum absolute atomic E-state index is 6.07. The smallest absolute Gasteiger partial charge is 0.245 e. The van der Waals surface area contributed by atoms with Crippen molar-refractivity contribution < 1.29 is 4.74 Å². The Labute approximate surface area is 112 Å². The zero-order chi connectivity index (χ0) is 13.4. The summed E-state index contributed by atoms with van der Waals surface area (Å²) in [6, 6.07) is 0.312. The number of hydrogen-bond donors (Lipinski definition) is 1. The standard InChI is InChI=1S/C13H19N5O/c1-8(9-5-3-4-6-9)18-11-10(17-13(18)14)12(19-2)16-7-15-11/h7-9H,3-6H2,1-2H3,(H2,14,17). The molecule has 2 N–H and O–H groups in total. The van der Waals surface area contributed by atoms with Gasteiger partial charge in [-0.1, -0.05) is 12.8 Å². The van der Waals surface area contributed by atoms with Gasteiger partial charge in [0.25, 0.3) is 0 Å². The number of nitrogens with two attached hydrogens (primary N) is 1. The third kappa shape index (κ3) is 1.91. The van der Waals surface area contributed by atoms with E-state index in [2.05, 4.69) is 21.9 Å². The van der Waals surface area contributed by atoms with E-state index in [0.717, 1.165) is 5.65 Å². The van der Waals surface area contributed by atoms with Crippen LogP contribution < -0.4 is 10.5 Å². The Kier molecular flexibility index (Phi) is 3.00. The summed E-state index contributed by atoms with van der Waals surface area (Å²) in [5.74, 6) is 1.63. The van der Waals surface area contributed by atoms with E-state index >= 15 is 0 Å². The van der Waals surface area contributed by atoms with Crippen LogP contribution in [-0.4, -0.2) is 26.6 Å². The Morgan fingerprint density at radius 1 is 1.37 bits per heavy atom. The first-order chi connectivity index (χ1) is 9.22. The number of imidazole rings is 1. The van der Waals surface area contributed by atoms with E-state index < -0.39 is 0 Å². The molecule has 1 fully saturated rings. The fourth-order valence-corrected chi connectivity index (χ4v) is 3.11. The Morgan fingerprint density at radius 2 is 2.11 bits per heavy atom. The highest BCUT2D eigenvalue weighted by Gasteiger charge is 2.27. The van der Waals surface area contributed by atoms with E-state index in [1.54, 1.807) is 7.11 Å². The number of rotatable bonds is 3. The van der Waals surface area contributed by atoms with Gasteiger partial charge in [-0.3, -0.25) is 4.57 Å². The van der Waals surface area contributed by atoms with Gasteiger partial charge >= 0.3 is 0 Å². The number of anilines is 1. The fourth-order valence-electron chi connectivity index (χ4n) is 3.11. The van der Waals surface area contributed by atoms with Crippen molar-refractivity contribution in [3.05, 3.63) is 6.33 Å². The number of nitrogens with zero attached hydrogens (tertiary/aromatic N) is 4. The van der Waals surface area contributed by atoms with E-state index in [0.29, 0.717) is 29.3 Å². The Morgan fingerprint density at radius 3 is 2.79 bits per heavy atom. The molecule has 19 heavy (non-hydrogen) atoms. The molecule has 3 rings (SSSR count). The van der Waals surface area contributed by atoms with Gasteiger partial charge in [-0.2, -0.15) is 4.98 Å². The summed E-state index contributed by atoms with van der Waals surface area (Å²) in [5.41, 5.74) is 7.49. The second-order valence-corrected chi connectivity index (χ2v) is 5.18. The minimum Gasteiger partial charge on any atom is -0.479 e. The zero-order valence-corrected chi connectivity index (χ0v) is 11.3. The number of fused-ring (bicyclic) bond motifs is 1. The summed E-state index contributed by atoms with van der Waals surface area (Å²) in [7, 11) is 1.58. The summed E-state index contributed by atoms with van der Waals surface area (Å²) in [6.45, 7) is 2.20. The molecule has 2 aromatic rings. The van der Waals surface area contributed by atoms with E-state index in [1.165, 1.54) is 32.0 Å². The van der Waals surface area contributed by atoms with Gasteiger partial charge in [-0.25, -0.2) is 9.97 Å². The van der Waals surface area contributed by atoms with Crippen molar-refractivity contribution in [2.45, 2.75) is 38.6 Å². The van der Waals surface area contributed by atoms with Gasteiger partial charge in [0.1, 0.15) is 6.33 Å². The molecule has 1 unspecified atom stereocenters. The largest absolute Gasteiger partial charge is 0.479 e. The highest BCUT2D eigenvalue weighted by Crippen LogP contribution is 2.37. The van der Waals surface area contributed by atoms with Crippen LogP contribution >= 0.6 is 0 Å². The molecular formula is C13H19N5O. The van der Waals surface area contributed by atoms with E-state index in [1.807, 2.05) is 4.57 Å². The van der Waals surface area contributed by atoms with Crippen molar-refractivity contribution in [2.24, 2.45) is 5.92 Å². The lowest BCUT2D eigenvalue weighted by Crippen LogP contribution is -2.16. The second-order valence-electron chi connectivity index (χ2n) is 5.18. The average molecular weight is 261 g/mol. The maximum atomic E-state index is 6.07. The van der Waals surface area contributed by atoms with Gasteiger partial charge < -0.3 is 10.5 Å². The third-order valence-electron chi connectivity index (χ3n) is 4.15. The Balaban J connectivity index is 2.09. The number of nitrogen functional groups attached to an aromatic ring is 1. The monoisotopic (exact) mass is 261 g/mol. The molecule has 0 aromatic carbocycles. The molecule has 1 aliphatic carbocycles. The average Bonchev–Trinajstić information content (AvgIpc) is 3.04. The first-order valence-corrected chi connectivity index (χ1v) is 6.74. The van der Waals surface area contributed by atoms with Gasteiger partial charge in [-0.05, 0) is 25.7 Å². The normalized spacial score (nSPS) is 18.0. The molecule has 1 aliphatic rings. The Bertz CT molecular complexity index is 588. The van der Waals surface area contributed by atoms with Crippen molar-refractivity contribution in [3.63, 3.8) is 0 Å². The van der Waals surface area contributed by atoms with Gasteiger partial charge in [-0.15, -0.1) is 0 Å². The van der Waals surface area contributed by atoms with Gasteiger partial charge in [0.15, 0.2) is 11.2 Å². The molecule has 0 bridgehead atoms. The summed E-state index contributed by atoms with van der Waals surface area (Å²) >= 11 is 0. The van der Waals surface area contributed by atoms with Crippen LogP contribution in [0.5, 0.6) is 5.88 Å². The third-order valence-corrected chi connectivity index (χ3v) is 4.15. The quantitative estimate of drug-likeness (QED) is 0.916. The molecule has 0 spiro atoms. The van der Waals surface area contributed by atoms with Crippen LogP contribution in [0, 0.1) is 5.92 Å². The van der Waals surface area contributed by atoms with Crippen LogP contribution in [0.3, 0.4) is 0 Å². The predicted octanol–water partition coefficient (Wildman–Crippen LogP) is 2.17. The van der Waals surface area contributed by atoms with Crippen LogP contribution in [-0.2, 0) is 0 Å². The van der Waals surface area contributed by atoms with Gasteiger partial charge in [0, 0.05) is 6.04 Å². The lowest BCUT2D eigenvalue weighted by Gasteiger charge is -2.21. The van der Waals surface area contributed by atoms with Crippen molar-refractivity contribution in [2.75, 3.05) is 12.8 Å². The topological polar surface area (TPSA) is 78.8 Å². The molecule has 6 heteroatoms. The summed E-state index contributed by atoms with van der Waals surface area (Å²) in [6.07, 6.45) is 6.62. The lowest BCUT2D eigenvalue weighted by atomic mass is 10.00. The van der Waals surface area contributed by atoms with Gasteiger partial charge in [0.2, 0.25) is 11.8 Å². The van der Waals surface area contributed by atoms with Crippen LogP contribution in [0.25, 0.3) is 11.2 Å². The van der Waals surface area contributed by atoms with E-state index in [4.69, 9.17) is 10.5 Å². The van der Waals surface area contributed by atoms with Crippen molar-refractivity contribution in [1.29, 1.82) is 0 Å². The minimum absolute atomic E-state index is 0.312. The highest BCUT2D eigenvalue weighted by atomic mass is 16.5. The molecule has 6 nitrogen and oxygen atoms in total. The molecular weight excluding hydrogens is 242 g/mol. The summed E-state index contributed by atoms with van der Waals surface area (Å²) in [4.78, 5) is 12.8. The molecule has 2 aromatic heterocycles. The fraction of sp³-hybridized carbons (Fsp3) is 0.615. The predicted molar refractivity (Wildman–Crippen MR) is 73.0 cm³/mol. The zero-order valence-electron chi connectivity index (χ0n) is 11.3. The lowest BCUT2D eigenvalue weighted by molar-refractivity contribution is 0.369. The molecule has 2 heterocycles. The Hall–Kier alpha value is -1.85.